The molecule has 0 saturated carbocycles. The van der Waals surface area contributed by atoms with Gasteiger partial charge in [-0.15, -0.1) is 0 Å². The van der Waals surface area contributed by atoms with E-state index in [1.165, 1.54) is 6.26 Å². The number of aliphatic hydroxyl groups excluding tert-OH is 1. The summed E-state index contributed by atoms with van der Waals surface area (Å²) in [6, 6.07) is 14.0. The number of pyridine rings is 1. The topological polar surface area (TPSA) is 95.7 Å². The van der Waals surface area contributed by atoms with Gasteiger partial charge in [0.2, 0.25) is 5.91 Å². The molecule has 0 aliphatic carbocycles. The lowest BCUT2D eigenvalue weighted by atomic mass is 9.93. The van der Waals surface area contributed by atoms with E-state index >= 15 is 0 Å². The summed E-state index contributed by atoms with van der Waals surface area (Å²) in [6.45, 7) is 0.816. The molecule has 0 fully saturated rings. The van der Waals surface area contributed by atoms with E-state index in [0.717, 1.165) is 5.56 Å². The molecule has 3 heterocycles. The Balaban J connectivity index is 1.43. The highest BCUT2D eigenvalue weighted by Gasteiger charge is 2.34. The van der Waals surface area contributed by atoms with E-state index in [0.29, 0.717) is 29.2 Å². The van der Waals surface area contributed by atoms with Crippen LogP contribution < -0.4 is 5.32 Å². The number of carbonyl (C=O) groups excluding carboxylic acids is 2. The molecule has 2 aromatic heterocycles. The molecule has 2 unspecified atom stereocenters. The van der Waals surface area contributed by atoms with Crippen molar-refractivity contribution in [3.8, 4) is 0 Å². The molecule has 0 radical (unpaired) electrons. The third-order valence-electron chi connectivity index (χ3n) is 5.34. The van der Waals surface area contributed by atoms with Gasteiger partial charge in [0.15, 0.2) is 5.76 Å². The van der Waals surface area contributed by atoms with Crippen LogP contribution in [0.4, 0.5) is 0 Å². The zero-order valence-corrected chi connectivity index (χ0v) is 17.5. The second-order valence-electron chi connectivity index (χ2n) is 7.38. The monoisotopic (exact) mass is 439 g/mol. The summed E-state index contributed by atoms with van der Waals surface area (Å²) >= 11 is 6.13. The zero-order chi connectivity index (χ0) is 21.8. The van der Waals surface area contributed by atoms with Gasteiger partial charge in [-0.05, 0) is 41.8 Å². The molecule has 0 spiro atoms. The normalized spacial score (nSPS) is 16.5. The van der Waals surface area contributed by atoms with Gasteiger partial charge < -0.3 is 19.7 Å². The summed E-state index contributed by atoms with van der Waals surface area (Å²) in [5.41, 5.74) is 2.11. The van der Waals surface area contributed by atoms with Crippen LogP contribution in [0.15, 0.2) is 65.4 Å². The highest BCUT2D eigenvalue weighted by molar-refractivity contribution is 6.31. The number of rotatable bonds is 6. The number of aromatic nitrogens is 1. The number of hydrogen-bond acceptors (Lipinski definition) is 5. The zero-order valence-electron chi connectivity index (χ0n) is 16.7. The summed E-state index contributed by atoms with van der Waals surface area (Å²) in [5.74, 6) is -0.898. The first-order chi connectivity index (χ1) is 15.0. The van der Waals surface area contributed by atoms with Gasteiger partial charge in [-0.3, -0.25) is 14.6 Å². The lowest BCUT2D eigenvalue weighted by Gasteiger charge is -2.32. The Labute approximate surface area is 184 Å². The fourth-order valence-electron chi connectivity index (χ4n) is 3.75. The Kier molecular flexibility index (Phi) is 6.34. The quantitative estimate of drug-likeness (QED) is 0.614. The third kappa shape index (κ3) is 4.62. The summed E-state index contributed by atoms with van der Waals surface area (Å²) in [5, 5.41) is 13.7. The second-order valence-corrected chi connectivity index (χ2v) is 7.79. The van der Waals surface area contributed by atoms with Crippen LogP contribution in [-0.2, 0) is 11.3 Å². The summed E-state index contributed by atoms with van der Waals surface area (Å²) in [4.78, 5) is 31.7. The van der Waals surface area contributed by atoms with Crippen LogP contribution in [0.3, 0.4) is 0 Å². The Morgan fingerprint density at radius 1 is 1.23 bits per heavy atom. The number of amides is 2. The van der Waals surface area contributed by atoms with Gasteiger partial charge in [-0.25, -0.2) is 0 Å². The van der Waals surface area contributed by atoms with Crippen molar-refractivity contribution >= 4 is 23.4 Å². The van der Waals surface area contributed by atoms with Gasteiger partial charge in [-0.2, -0.15) is 0 Å². The molecule has 2 amide bonds. The van der Waals surface area contributed by atoms with Crippen LogP contribution >= 0.6 is 11.6 Å². The maximum atomic E-state index is 13.0. The minimum atomic E-state index is -0.789. The third-order valence-corrected chi connectivity index (χ3v) is 5.68. The van der Waals surface area contributed by atoms with Gasteiger partial charge in [-0.1, -0.05) is 35.9 Å². The smallest absolute Gasteiger partial charge is 0.289 e. The average molecular weight is 440 g/mol. The van der Waals surface area contributed by atoms with E-state index in [1.54, 1.807) is 53.6 Å². The van der Waals surface area contributed by atoms with Crippen molar-refractivity contribution in [2.75, 3.05) is 13.1 Å². The first-order valence-corrected chi connectivity index (χ1v) is 10.4. The molecule has 8 heteroatoms. The maximum Gasteiger partial charge on any atom is 0.289 e. The van der Waals surface area contributed by atoms with Crippen molar-refractivity contribution in [2.45, 2.75) is 25.0 Å². The van der Waals surface area contributed by atoms with Crippen molar-refractivity contribution in [1.29, 1.82) is 0 Å². The Hall–Kier alpha value is -3.16. The largest absolute Gasteiger partial charge is 0.459 e. The van der Waals surface area contributed by atoms with Gasteiger partial charge in [0.05, 0.1) is 24.0 Å². The number of furan rings is 1. The van der Waals surface area contributed by atoms with Crippen molar-refractivity contribution in [3.63, 3.8) is 0 Å². The Bertz CT molecular complexity index is 1070. The van der Waals surface area contributed by atoms with Crippen molar-refractivity contribution < 1.29 is 19.1 Å². The molecule has 2 atom stereocenters. The number of hydrogen-bond donors (Lipinski definition) is 2. The van der Waals surface area contributed by atoms with E-state index < -0.39 is 12.0 Å². The minimum Gasteiger partial charge on any atom is -0.459 e. The molecule has 160 valence electrons. The van der Waals surface area contributed by atoms with Crippen molar-refractivity contribution in [1.82, 2.24) is 15.2 Å². The van der Waals surface area contributed by atoms with Crippen LogP contribution in [0.1, 0.15) is 45.8 Å². The fraction of sp³-hybridized carbons (Fsp3) is 0.261. The molecule has 31 heavy (non-hydrogen) atoms. The average Bonchev–Trinajstić information content (AvgIpc) is 3.33. The first kappa shape index (κ1) is 21.1. The molecule has 4 rings (SSSR count). The van der Waals surface area contributed by atoms with Crippen molar-refractivity contribution in [2.24, 2.45) is 0 Å². The molecule has 1 aliphatic rings. The summed E-state index contributed by atoms with van der Waals surface area (Å²) in [7, 11) is 0. The van der Waals surface area contributed by atoms with Gasteiger partial charge in [0.1, 0.15) is 0 Å². The minimum absolute atomic E-state index is 0.197. The van der Waals surface area contributed by atoms with Crippen LogP contribution in [0.25, 0.3) is 0 Å². The standard InChI is InChI=1S/C23H22ClN3O4/c24-18-7-2-1-6-16(18)19(28)9-11-26-22(29)17-14-27(23(30)20-8-4-12-31-20)13-15-5-3-10-25-21(15)17/h1-8,10,12,17,19,28H,9,11,13-14H2,(H,26,29). The lowest BCUT2D eigenvalue weighted by molar-refractivity contribution is -0.123. The fourth-order valence-corrected chi connectivity index (χ4v) is 4.01. The highest BCUT2D eigenvalue weighted by Crippen LogP contribution is 2.28. The Morgan fingerprint density at radius 2 is 2.06 bits per heavy atom. The SMILES string of the molecule is O=C(NCCC(O)c1ccccc1Cl)C1CN(C(=O)c2ccco2)Cc2cccnc21. The van der Waals surface area contributed by atoms with E-state index in [2.05, 4.69) is 10.3 Å². The van der Waals surface area contributed by atoms with Crippen LogP contribution in [-0.4, -0.2) is 39.9 Å². The number of nitrogens with zero attached hydrogens (tertiary/aromatic N) is 2. The molecule has 1 aromatic carbocycles. The number of benzene rings is 1. The summed E-state index contributed by atoms with van der Waals surface area (Å²) < 4.78 is 5.23. The lowest BCUT2D eigenvalue weighted by Crippen LogP contribution is -2.44. The van der Waals surface area contributed by atoms with E-state index in [9.17, 15) is 14.7 Å². The van der Waals surface area contributed by atoms with Gasteiger partial charge in [0, 0.05) is 30.9 Å². The second kappa shape index (κ2) is 9.32. The molecular weight excluding hydrogens is 418 g/mol. The number of nitrogens with one attached hydrogen (secondary N) is 1. The van der Waals surface area contributed by atoms with Crippen LogP contribution in [0.2, 0.25) is 5.02 Å². The Morgan fingerprint density at radius 3 is 2.84 bits per heavy atom. The first-order valence-electron chi connectivity index (χ1n) is 10.0. The molecular formula is C23H22ClN3O4. The van der Waals surface area contributed by atoms with E-state index in [4.69, 9.17) is 16.0 Å². The number of carbonyl (C=O) groups is 2. The van der Waals surface area contributed by atoms with E-state index in [-0.39, 0.29) is 30.7 Å². The van der Waals surface area contributed by atoms with Gasteiger partial charge in [0.25, 0.3) is 5.91 Å². The van der Waals surface area contributed by atoms with E-state index in [1.807, 2.05) is 6.07 Å². The highest BCUT2D eigenvalue weighted by atomic mass is 35.5. The number of fused-ring (bicyclic) bond motifs is 1. The number of aliphatic hydroxyl groups is 1. The van der Waals surface area contributed by atoms with Crippen molar-refractivity contribution in [3.05, 3.63) is 88.6 Å². The maximum absolute atomic E-state index is 13.0. The predicted octanol–water partition coefficient (Wildman–Crippen LogP) is 3.31. The molecule has 2 N–H and O–H groups in total. The molecule has 7 nitrogen and oxygen atoms in total. The van der Waals surface area contributed by atoms with Gasteiger partial charge >= 0.3 is 0 Å². The predicted molar refractivity (Wildman–Crippen MR) is 114 cm³/mol. The molecule has 0 saturated heterocycles. The van der Waals surface area contributed by atoms with Crippen LogP contribution in [0, 0.1) is 0 Å². The summed E-state index contributed by atoms with van der Waals surface area (Å²) in [6.07, 6.45) is 2.61. The molecule has 0 bridgehead atoms. The number of halogens is 1. The van der Waals surface area contributed by atoms with Crippen LogP contribution in [0.5, 0.6) is 0 Å². The molecule has 1 aliphatic heterocycles. The molecule has 3 aromatic rings.